The number of aliphatic hydroxyl groups is 2. The second kappa shape index (κ2) is 9.69. The van der Waals surface area contributed by atoms with Crippen LogP contribution in [0.25, 0.3) is 11.3 Å². The van der Waals surface area contributed by atoms with E-state index in [-0.39, 0.29) is 19.0 Å². The van der Waals surface area contributed by atoms with Gasteiger partial charge in [0.25, 0.3) is 5.91 Å². The van der Waals surface area contributed by atoms with E-state index >= 15 is 0 Å². The molecule has 158 valence electrons. The summed E-state index contributed by atoms with van der Waals surface area (Å²) in [6.45, 7) is -0.531. The molecule has 1 atom stereocenters. The Hall–Kier alpha value is -1.96. The van der Waals surface area contributed by atoms with Crippen molar-refractivity contribution in [2.75, 3.05) is 13.2 Å². The van der Waals surface area contributed by atoms with Crippen molar-refractivity contribution in [2.24, 2.45) is 0 Å². The molecule has 3 rings (SSSR count). The molecule has 29 heavy (non-hydrogen) atoms. The van der Waals surface area contributed by atoms with Gasteiger partial charge in [-0.3, -0.25) is 4.79 Å². The third-order valence-electron chi connectivity index (χ3n) is 5.35. The first-order valence-corrected chi connectivity index (χ1v) is 10.3. The molecule has 1 fully saturated rings. The van der Waals surface area contributed by atoms with Gasteiger partial charge >= 0.3 is 0 Å². The Labute approximate surface area is 174 Å². The van der Waals surface area contributed by atoms with Gasteiger partial charge in [-0.15, -0.1) is 0 Å². The van der Waals surface area contributed by atoms with Gasteiger partial charge in [0.15, 0.2) is 0 Å². The summed E-state index contributed by atoms with van der Waals surface area (Å²) < 4.78 is 14.1. The molecule has 6 nitrogen and oxygen atoms in total. The zero-order valence-corrected chi connectivity index (χ0v) is 17.0. The van der Waals surface area contributed by atoms with Gasteiger partial charge in [-0.1, -0.05) is 43.4 Å². The maximum atomic E-state index is 12.7. The molecule has 0 saturated heterocycles. The zero-order valence-electron chi connectivity index (χ0n) is 16.3. The first kappa shape index (κ1) is 21.7. The van der Waals surface area contributed by atoms with E-state index in [4.69, 9.17) is 11.6 Å². The highest BCUT2D eigenvalue weighted by Crippen LogP contribution is 2.27. The number of aromatic nitrogens is 2. The van der Waals surface area contributed by atoms with Crippen molar-refractivity contribution in [2.45, 2.75) is 56.8 Å². The fourth-order valence-electron chi connectivity index (χ4n) is 3.66. The second-order valence-electron chi connectivity index (χ2n) is 7.78. The van der Waals surface area contributed by atoms with Crippen LogP contribution in [0, 0.1) is 0 Å². The lowest BCUT2D eigenvalue weighted by Gasteiger charge is -2.26. The third-order valence-corrected chi connectivity index (χ3v) is 5.68. The molecule has 1 aromatic heterocycles. The number of hydrogen-bond donors (Lipinski definition) is 3. The summed E-state index contributed by atoms with van der Waals surface area (Å²) in [7, 11) is 0. The van der Waals surface area contributed by atoms with Gasteiger partial charge in [0.05, 0.1) is 34.8 Å². The van der Waals surface area contributed by atoms with Gasteiger partial charge in [0.2, 0.25) is 0 Å². The van der Waals surface area contributed by atoms with Gasteiger partial charge in [-0.05, 0) is 25.0 Å². The quantitative estimate of drug-likeness (QED) is 0.596. The van der Waals surface area contributed by atoms with Gasteiger partial charge in [-0.2, -0.15) is 0 Å². The van der Waals surface area contributed by atoms with E-state index in [9.17, 15) is 19.4 Å². The molecule has 1 aromatic carbocycles. The predicted octanol–water partition coefficient (Wildman–Crippen LogP) is 3.35. The Morgan fingerprint density at radius 3 is 2.72 bits per heavy atom. The number of halogens is 2. The van der Waals surface area contributed by atoms with Crippen LogP contribution in [-0.4, -0.2) is 50.6 Å². The summed E-state index contributed by atoms with van der Waals surface area (Å²) in [4.78, 5) is 17.0. The summed E-state index contributed by atoms with van der Waals surface area (Å²) >= 11 is 6.23. The van der Waals surface area contributed by atoms with Crippen LogP contribution in [0.3, 0.4) is 0 Å². The number of amides is 1. The average molecular weight is 424 g/mol. The standard InChI is InChI=1S/C21H27ClFN3O3/c22-18-6-5-15(19-12-26(14-25-19)11-16(27)10-23)9-17(18)20(28)24-13-21(29)7-3-1-2-4-8-21/h5-6,9,12,14,16,27,29H,1-4,7-8,10-11,13H2,(H,24,28). The molecule has 1 amide bonds. The van der Waals surface area contributed by atoms with Gasteiger partial charge in [0, 0.05) is 18.3 Å². The summed E-state index contributed by atoms with van der Waals surface area (Å²) in [5, 5.41) is 23.3. The maximum Gasteiger partial charge on any atom is 0.252 e. The van der Waals surface area contributed by atoms with Crippen molar-refractivity contribution in [3.05, 3.63) is 41.3 Å². The van der Waals surface area contributed by atoms with Crippen molar-refractivity contribution in [3.63, 3.8) is 0 Å². The van der Waals surface area contributed by atoms with Crippen molar-refractivity contribution >= 4 is 17.5 Å². The fraction of sp³-hybridized carbons (Fsp3) is 0.524. The van der Waals surface area contributed by atoms with Gasteiger partial charge in [-0.25, -0.2) is 9.37 Å². The van der Waals surface area contributed by atoms with Crippen LogP contribution >= 0.6 is 11.6 Å². The highest BCUT2D eigenvalue weighted by molar-refractivity contribution is 6.34. The number of alkyl halides is 1. The van der Waals surface area contributed by atoms with Gasteiger partial charge < -0.3 is 20.1 Å². The molecular weight excluding hydrogens is 397 g/mol. The Balaban J connectivity index is 1.70. The molecule has 1 heterocycles. The van der Waals surface area contributed by atoms with E-state index in [1.807, 2.05) is 0 Å². The summed E-state index contributed by atoms with van der Waals surface area (Å²) in [6.07, 6.45) is 7.61. The molecule has 3 N–H and O–H groups in total. The number of hydrogen-bond acceptors (Lipinski definition) is 4. The van der Waals surface area contributed by atoms with Crippen LogP contribution in [0.4, 0.5) is 4.39 Å². The number of carbonyl (C=O) groups is 1. The Bertz CT molecular complexity index is 834. The third kappa shape index (κ3) is 5.78. The van der Waals surface area contributed by atoms with Crippen LogP contribution in [0.15, 0.2) is 30.7 Å². The number of benzene rings is 1. The van der Waals surface area contributed by atoms with Crippen molar-refractivity contribution in [1.29, 1.82) is 0 Å². The highest BCUT2D eigenvalue weighted by atomic mass is 35.5. The number of aliphatic hydroxyl groups excluding tert-OH is 1. The first-order chi connectivity index (χ1) is 13.9. The largest absolute Gasteiger partial charge is 0.389 e. The molecule has 1 aliphatic rings. The molecule has 0 bridgehead atoms. The van der Waals surface area contributed by atoms with Crippen LogP contribution in [0.5, 0.6) is 0 Å². The van der Waals surface area contributed by atoms with E-state index in [1.54, 1.807) is 29.0 Å². The maximum absolute atomic E-state index is 12.7. The summed E-state index contributed by atoms with van der Waals surface area (Å²) in [5.41, 5.74) is 0.705. The van der Waals surface area contributed by atoms with E-state index in [0.29, 0.717) is 34.7 Å². The molecule has 0 radical (unpaired) electrons. The Morgan fingerprint density at radius 2 is 2.03 bits per heavy atom. The second-order valence-corrected chi connectivity index (χ2v) is 8.19. The summed E-state index contributed by atoms with van der Waals surface area (Å²) in [5.74, 6) is -0.346. The monoisotopic (exact) mass is 423 g/mol. The first-order valence-electron chi connectivity index (χ1n) is 9.96. The van der Waals surface area contributed by atoms with E-state index in [2.05, 4.69) is 10.3 Å². The van der Waals surface area contributed by atoms with Crippen LogP contribution in [0.2, 0.25) is 5.02 Å². The Morgan fingerprint density at radius 1 is 1.31 bits per heavy atom. The van der Waals surface area contributed by atoms with Crippen LogP contribution in [-0.2, 0) is 6.54 Å². The molecule has 0 spiro atoms. The van der Waals surface area contributed by atoms with E-state index < -0.39 is 18.4 Å². The van der Waals surface area contributed by atoms with Crippen molar-refractivity contribution in [3.8, 4) is 11.3 Å². The van der Waals surface area contributed by atoms with Gasteiger partial charge in [0.1, 0.15) is 12.8 Å². The van der Waals surface area contributed by atoms with Crippen molar-refractivity contribution in [1.82, 2.24) is 14.9 Å². The number of nitrogens with one attached hydrogen (secondary N) is 1. The predicted molar refractivity (Wildman–Crippen MR) is 110 cm³/mol. The minimum atomic E-state index is -1.08. The zero-order chi connectivity index (χ0) is 20.9. The number of rotatable bonds is 7. The topological polar surface area (TPSA) is 87.4 Å². The normalized spacial score (nSPS) is 17.5. The minimum Gasteiger partial charge on any atom is -0.389 e. The van der Waals surface area contributed by atoms with Crippen LogP contribution in [0.1, 0.15) is 48.9 Å². The lowest BCUT2D eigenvalue weighted by atomic mass is 9.94. The Kier molecular flexibility index (Phi) is 7.27. The molecule has 1 unspecified atom stereocenters. The SMILES string of the molecule is O=C(NCC1(O)CCCCCC1)c1cc(-c2cn(CC(O)CF)cn2)ccc1Cl. The molecule has 1 aliphatic carbocycles. The molecular formula is C21H27ClFN3O3. The van der Waals surface area contributed by atoms with E-state index in [0.717, 1.165) is 25.7 Å². The molecule has 0 aliphatic heterocycles. The number of carbonyl (C=O) groups excluding carboxylic acids is 1. The number of imidazole rings is 1. The highest BCUT2D eigenvalue weighted by Gasteiger charge is 2.28. The summed E-state index contributed by atoms with van der Waals surface area (Å²) in [6, 6.07) is 5.02. The lowest BCUT2D eigenvalue weighted by molar-refractivity contribution is 0.0246. The van der Waals surface area contributed by atoms with Crippen LogP contribution < -0.4 is 5.32 Å². The average Bonchev–Trinajstić information content (AvgIpc) is 3.06. The number of nitrogens with zero attached hydrogens (tertiary/aromatic N) is 2. The van der Waals surface area contributed by atoms with E-state index in [1.165, 1.54) is 6.33 Å². The fourth-order valence-corrected chi connectivity index (χ4v) is 3.87. The smallest absolute Gasteiger partial charge is 0.252 e. The molecule has 2 aromatic rings. The molecule has 8 heteroatoms. The van der Waals surface area contributed by atoms with Crippen molar-refractivity contribution < 1.29 is 19.4 Å². The molecule has 1 saturated carbocycles. The lowest BCUT2D eigenvalue weighted by Crippen LogP contribution is -2.42. The minimum absolute atomic E-state index is 0.100.